The number of aromatic nitrogens is 1. The van der Waals surface area contributed by atoms with E-state index in [1.54, 1.807) is 19.2 Å². The number of carboxylic acids is 1. The lowest BCUT2D eigenvalue weighted by Crippen LogP contribution is -2.59. The topological polar surface area (TPSA) is 243 Å². The average Bonchev–Trinajstić information content (AvgIpc) is 3.79. The number of aliphatic hydroxyl groups excluding tert-OH is 3. The summed E-state index contributed by atoms with van der Waals surface area (Å²) < 4.78 is 6.03. The molecule has 1 aromatic heterocycles. The molecular formula is C48H79N7O10S. The van der Waals surface area contributed by atoms with Crippen LogP contribution in [0.3, 0.4) is 0 Å². The van der Waals surface area contributed by atoms with Crippen molar-refractivity contribution in [3.63, 3.8) is 0 Å². The van der Waals surface area contributed by atoms with Gasteiger partial charge in [-0.3, -0.25) is 24.1 Å². The number of ether oxygens (including phenoxy) is 1. The van der Waals surface area contributed by atoms with Crippen LogP contribution < -0.4 is 21.3 Å². The van der Waals surface area contributed by atoms with Crippen molar-refractivity contribution in [2.45, 2.75) is 155 Å². The van der Waals surface area contributed by atoms with E-state index in [1.807, 2.05) is 68.8 Å². The molecular weight excluding hydrogens is 867 g/mol. The number of likely N-dealkylation sites (N-methyl/N-ethyl adjacent to an activating group) is 1. The molecule has 66 heavy (non-hydrogen) atoms. The molecule has 0 saturated carbocycles. The molecule has 372 valence electrons. The summed E-state index contributed by atoms with van der Waals surface area (Å²) in [7, 11) is 1.94. The van der Waals surface area contributed by atoms with Crippen LogP contribution in [0.4, 0.5) is 10.5 Å². The van der Waals surface area contributed by atoms with E-state index in [9.17, 15) is 39.6 Å². The quantitative estimate of drug-likeness (QED) is 0.0481. The van der Waals surface area contributed by atoms with Crippen LogP contribution in [0.25, 0.3) is 0 Å². The third-order valence-corrected chi connectivity index (χ3v) is 13.5. The minimum atomic E-state index is -1.23. The van der Waals surface area contributed by atoms with Crippen LogP contribution in [-0.2, 0) is 25.5 Å². The summed E-state index contributed by atoms with van der Waals surface area (Å²) in [5.41, 5.74) is 0.504. The number of amides is 4. The van der Waals surface area contributed by atoms with Crippen LogP contribution in [0.15, 0.2) is 29.6 Å². The molecule has 3 rings (SSSR count). The van der Waals surface area contributed by atoms with Gasteiger partial charge in [0.1, 0.15) is 16.7 Å². The van der Waals surface area contributed by atoms with E-state index >= 15 is 4.79 Å². The molecule has 7 atom stereocenters. The SMILES string of the molecule is CCCCCCN(C(=O)[C@@H](NC(=O)[C@H]1CCCCN1C)[C@@H](C)CC)[C@H](C[C@@H](OC(=O)NCC(O)CO)c1nc(C(=O)N[C@@H](Cc2ccc(NCCO)cc2)CC(C)(C)C(=O)O)cs1)C(C)C. The van der Waals surface area contributed by atoms with Gasteiger partial charge in [-0.2, -0.15) is 0 Å². The number of unbranched alkanes of at least 4 members (excludes halogenated alkanes) is 3. The summed E-state index contributed by atoms with van der Waals surface area (Å²) >= 11 is 1.10. The molecule has 17 nitrogen and oxygen atoms in total. The summed E-state index contributed by atoms with van der Waals surface area (Å²) in [6.45, 7) is 13.9. The predicted molar refractivity (Wildman–Crippen MR) is 256 cm³/mol. The van der Waals surface area contributed by atoms with Crippen molar-refractivity contribution in [1.29, 1.82) is 0 Å². The largest absolute Gasteiger partial charge is 0.481 e. The predicted octanol–water partition coefficient (Wildman–Crippen LogP) is 5.35. The highest BCUT2D eigenvalue weighted by Crippen LogP contribution is 2.33. The molecule has 0 aliphatic carbocycles. The Morgan fingerprint density at radius 2 is 1.73 bits per heavy atom. The fourth-order valence-electron chi connectivity index (χ4n) is 8.20. The van der Waals surface area contributed by atoms with Gasteiger partial charge in [-0.15, -0.1) is 11.3 Å². The van der Waals surface area contributed by atoms with Crippen LogP contribution in [0.5, 0.6) is 0 Å². The summed E-state index contributed by atoms with van der Waals surface area (Å²) in [5.74, 6) is -2.30. The Morgan fingerprint density at radius 1 is 1.02 bits per heavy atom. The van der Waals surface area contributed by atoms with Gasteiger partial charge in [-0.05, 0) is 89.1 Å². The normalized spacial score (nSPS) is 17.2. The van der Waals surface area contributed by atoms with Gasteiger partial charge in [0.05, 0.1) is 30.8 Å². The number of carboxylic acid groups (broad SMARTS) is 1. The second kappa shape index (κ2) is 28.1. The number of alkyl carbamates (subject to hydrolysis) is 1. The number of nitrogens with zero attached hydrogens (tertiary/aromatic N) is 3. The van der Waals surface area contributed by atoms with Crippen LogP contribution in [-0.4, -0.2) is 142 Å². The van der Waals surface area contributed by atoms with E-state index in [1.165, 1.54) is 0 Å². The maximum Gasteiger partial charge on any atom is 0.407 e. The number of likely N-dealkylation sites (tertiary alicyclic amines) is 1. The van der Waals surface area contributed by atoms with E-state index in [2.05, 4.69) is 33.2 Å². The van der Waals surface area contributed by atoms with E-state index < -0.39 is 60.3 Å². The van der Waals surface area contributed by atoms with Gasteiger partial charge in [0.2, 0.25) is 11.8 Å². The number of aliphatic carboxylic acids is 1. The molecule has 4 amide bonds. The van der Waals surface area contributed by atoms with Crippen molar-refractivity contribution in [2.75, 3.05) is 51.8 Å². The summed E-state index contributed by atoms with van der Waals surface area (Å²) in [5, 5.41) is 52.1. The lowest BCUT2D eigenvalue weighted by molar-refractivity contribution is -0.147. The zero-order chi connectivity index (χ0) is 49.0. The molecule has 0 radical (unpaired) electrons. The Balaban J connectivity index is 2.02. The molecule has 0 bridgehead atoms. The number of anilines is 1. The second-order valence-corrected chi connectivity index (χ2v) is 19.7. The summed E-state index contributed by atoms with van der Waals surface area (Å²) in [6.07, 6.45) is 4.18. The molecule has 8 N–H and O–H groups in total. The Kier molecular flexibility index (Phi) is 23.8. The fraction of sp³-hybridized carbons (Fsp3) is 0.708. The van der Waals surface area contributed by atoms with Gasteiger partial charge >= 0.3 is 12.1 Å². The van der Waals surface area contributed by atoms with Gasteiger partial charge in [-0.1, -0.05) is 78.9 Å². The first-order valence-corrected chi connectivity index (χ1v) is 24.7. The second-order valence-electron chi connectivity index (χ2n) is 18.8. The van der Waals surface area contributed by atoms with Crippen molar-refractivity contribution in [3.05, 3.63) is 45.9 Å². The van der Waals surface area contributed by atoms with E-state index in [0.717, 1.165) is 61.2 Å². The highest BCUT2D eigenvalue weighted by Gasteiger charge is 2.39. The minimum absolute atomic E-state index is 0.0266. The van der Waals surface area contributed by atoms with E-state index in [0.29, 0.717) is 38.8 Å². The van der Waals surface area contributed by atoms with Crippen LogP contribution in [0.1, 0.15) is 140 Å². The van der Waals surface area contributed by atoms with Crippen LogP contribution >= 0.6 is 11.3 Å². The van der Waals surface area contributed by atoms with Crippen molar-refractivity contribution >= 4 is 46.8 Å². The monoisotopic (exact) mass is 946 g/mol. The molecule has 1 unspecified atom stereocenters. The Labute approximate surface area is 395 Å². The van der Waals surface area contributed by atoms with Gasteiger partial charge in [0, 0.05) is 49.2 Å². The number of benzene rings is 1. The first-order chi connectivity index (χ1) is 31.3. The van der Waals surface area contributed by atoms with Crippen molar-refractivity contribution in [1.82, 2.24) is 30.7 Å². The molecule has 2 aromatic rings. The fourth-order valence-corrected chi connectivity index (χ4v) is 9.04. The number of rotatable bonds is 29. The number of carbonyl (C=O) groups is 5. The van der Waals surface area contributed by atoms with Crippen LogP contribution in [0.2, 0.25) is 0 Å². The highest BCUT2D eigenvalue weighted by molar-refractivity contribution is 7.09. The molecule has 1 aliphatic rings. The number of carbonyl (C=O) groups excluding carboxylic acids is 4. The minimum Gasteiger partial charge on any atom is -0.481 e. The zero-order valence-electron chi connectivity index (χ0n) is 40.5. The Hall–Kier alpha value is -4.36. The summed E-state index contributed by atoms with van der Waals surface area (Å²) in [4.78, 5) is 77.1. The number of hydrogen-bond donors (Lipinski definition) is 8. The molecule has 1 saturated heterocycles. The van der Waals surface area contributed by atoms with Gasteiger partial charge in [0.25, 0.3) is 5.91 Å². The van der Waals surface area contributed by atoms with Crippen molar-refractivity contribution in [3.8, 4) is 0 Å². The van der Waals surface area contributed by atoms with Gasteiger partial charge in [0.15, 0.2) is 6.10 Å². The lowest BCUT2D eigenvalue weighted by atomic mass is 9.84. The number of piperidine rings is 1. The van der Waals surface area contributed by atoms with Crippen molar-refractivity contribution in [2.24, 2.45) is 17.3 Å². The van der Waals surface area contributed by atoms with E-state index in [-0.39, 0.29) is 66.4 Å². The first kappa shape index (κ1) is 56.0. The van der Waals surface area contributed by atoms with Crippen LogP contribution in [0, 0.1) is 17.3 Å². The Morgan fingerprint density at radius 3 is 2.33 bits per heavy atom. The average molecular weight is 946 g/mol. The third kappa shape index (κ3) is 17.7. The summed E-state index contributed by atoms with van der Waals surface area (Å²) in [6, 6.07) is 5.17. The third-order valence-electron chi connectivity index (χ3n) is 12.5. The molecule has 0 spiro atoms. The Bertz CT molecular complexity index is 1810. The van der Waals surface area contributed by atoms with E-state index in [4.69, 9.17) is 4.74 Å². The van der Waals surface area contributed by atoms with Gasteiger partial charge < -0.3 is 51.3 Å². The molecule has 2 heterocycles. The number of nitrogens with one attached hydrogen (secondary N) is 4. The number of thiazole rings is 1. The lowest BCUT2D eigenvalue weighted by Gasteiger charge is -2.40. The first-order valence-electron chi connectivity index (χ1n) is 23.8. The molecule has 1 fully saturated rings. The maximum absolute atomic E-state index is 15.0. The molecule has 18 heteroatoms. The smallest absolute Gasteiger partial charge is 0.407 e. The maximum atomic E-state index is 15.0. The molecule has 1 aliphatic heterocycles. The van der Waals surface area contributed by atoms with Gasteiger partial charge in [-0.25, -0.2) is 9.78 Å². The molecule has 1 aromatic carbocycles. The number of hydrogen-bond acceptors (Lipinski definition) is 13. The van der Waals surface area contributed by atoms with Crippen molar-refractivity contribution < 1.29 is 49.1 Å². The standard InChI is InChI=1S/C48H79N7O10S/c1-9-11-12-14-23-55(45(61)41(32(5)10-2)53-43(60)38-16-13-15-22-54(38)8)39(31(3)4)26-40(65-47(64)50-28-36(58)29-57)44-52-37(30-66-44)42(59)51-35(27-48(6,7)46(62)63)25-33-17-19-34(20-18-33)49-21-24-56/h17-20,30-32,35-36,38-41,49,56-58H,9-16,21-29H2,1-8H3,(H,50,64)(H,51,59)(H,53,60)(H,62,63)/t32-,35-,36?,38+,39+,40+,41-/m0/s1. The highest BCUT2D eigenvalue weighted by atomic mass is 32.1. The number of aliphatic hydroxyl groups is 3. The zero-order valence-corrected chi connectivity index (χ0v) is 41.3.